The zero-order valence-electron chi connectivity index (χ0n) is 15.8. The van der Waals surface area contributed by atoms with Crippen LogP contribution in [0.2, 0.25) is 0 Å². The Morgan fingerprint density at radius 3 is 2.31 bits per heavy atom. The molecule has 0 atom stereocenters. The lowest BCUT2D eigenvalue weighted by Gasteiger charge is -2.36. The van der Waals surface area contributed by atoms with Crippen LogP contribution in [0.5, 0.6) is 0 Å². The summed E-state index contributed by atoms with van der Waals surface area (Å²) in [6.07, 6.45) is 3.33. The van der Waals surface area contributed by atoms with Gasteiger partial charge >= 0.3 is 0 Å². The van der Waals surface area contributed by atoms with Gasteiger partial charge in [-0.25, -0.2) is 19.9 Å². The van der Waals surface area contributed by atoms with Crippen LogP contribution in [0.25, 0.3) is 11.0 Å². The van der Waals surface area contributed by atoms with E-state index in [1.165, 1.54) is 0 Å². The summed E-state index contributed by atoms with van der Waals surface area (Å²) < 4.78 is 0. The third-order valence-corrected chi connectivity index (χ3v) is 4.86. The summed E-state index contributed by atoms with van der Waals surface area (Å²) in [4.78, 5) is 25.8. The highest BCUT2D eigenvalue weighted by molar-refractivity contribution is 5.86. The Morgan fingerprint density at radius 2 is 1.58 bits per heavy atom. The van der Waals surface area contributed by atoms with Crippen molar-refractivity contribution < 1.29 is 0 Å². The second kappa shape index (κ2) is 6.23. The predicted octanol–water partition coefficient (Wildman–Crippen LogP) is 2.68. The van der Waals surface area contributed by atoms with Gasteiger partial charge in [-0.3, -0.25) is 0 Å². The van der Waals surface area contributed by atoms with Gasteiger partial charge in [0.2, 0.25) is 0 Å². The van der Waals surface area contributed by atoms with Gasteiger partial charge in [-0.2, -0.15) is 0 Å². The monoisotopic (exact) mass is 351 g/mol. The summed E-state index contributed by atoms with van der Waals surface area (Å²) >= 11 is 0. The van der Waals surface area contributed by atoms with Gasteiger partial charge in [-0.1, -0.05) is 20.8 Å². The number of fused-ring (bicyclic) bond motifs is 1. The lowest BCUT2D eigenvalue weighted by atomic mass is 9.92. The smallest absolute Gasteiger partial charge is 0.156 e. The second-order valence-corrected chi connectivity index (χ2v) is 7.90. The molecule has 3 aromatic heterocycles. The fourth-order valence-electron chi connectivity index (χ4n) is 3.37. The van der Waals surface area contributed by atoms with Crippen molar-refractivity contribution in [1.82, 2.24) is 24.9 Å². The molecule has 1 N–H and O–H groups in total. The molecule has 0 amide bonds. The van der Waals surface area contributed by atoms with E-state index in [0.717, 1.165) is 60.2 Å². The number of hydrogen-bond donors (Lipinski definition) is 1. The highest BCUT2D eigenvalue weighted by Gasteiger charge is 2.23. The van der Waals surface area contributed by atoms with Crippen molar-refractivity contribution >= 4 is 22.7 Å². The van der Waals surface area contributed by atoms with E-state index >= 15 is 0 Å². The van der Waals surface area contributed by atoms with Crippen molar-refractivity contribution in [2.75, 3.05) is 36.0 Å². The fraction of sp³-hybridized carbons (Fsp3) is 0.474. The van der Waals surface area contributed by atoms with Crippen LogP contribution in [0.1, 0.15) is 32.2 Å². The van der Waals surface area contributed by atoms with Crippen LogP contribution in [0.4, 0.5) is 11.6 Å². The summed E-state index contributed by atoms with van der Waals surface area (Å²) in [7, 11) is 0. The molecule has 0 unspecified atom stereocenters. The molecule has 0 spiro atoms. The van der Waals surface area contributed by atoms with E-state index in [1.54, 1.807) is 12.7 Å². The maximum Gasteiger partial charge on any atom is 0.156 e. The van der Waals surface area contributed by atoms with Crippen molar-refractivity contribution in [1.29, 1.82) is 0 Å². The van der Waals surface area contributed by atoms with Gasteiger partial charge in [0.15, 0.2) is 5.82 Å². The minimum absolute atomic E-state index is 0.0254. The molecule has 26 heavy (non-hydrogen) atoms. The van der Waals surface area contributed by atoms with Crippen molar-refractivity contribution in [2.45, 2.75) is 33.1 Å². The summed E-state index contributed by atoms with van der Waals surface area (Å²) in [6.45, 7) is 12.2. The average molecular weight is 351 g/mol. The first-order valence-electron chi connectivity index (χ1n) is 9.04. The number of H-pyrrole nitrogens is 1. The molecule has 1 fully saturated rings. The molecule has 1 aliphatic heterocycles. The molecular weight excluding hydrogens is 326 g/mol. The molecule has 7 nitrogen and oxygen atoms in total. The lowest BCUT2D eigenvalue weighted by Crippen LogP contribution is -2.47. The van der Waals surface area contributed by atoms with E-state index in [2.05, 4.69) is 67.6 Å². The Hall–Kier alpha value is -2.70. The Labute approximate surface area is 153 Å². The fourth-order valence-corrected chi connectivity index (χ4v) is 3.37. The van der Waals surface area contributed by atoms with E-state index in [-0.39, 0.29) is 5.41 Å². The Bertz CT molecular complexity index is 917. The number of hydrogen-bond acceptors (Lipinski definition) is 6. The molecule has 7 heteroatoms. The number of aromatic nitrogens is 5. The van der Waals surface area contributed by atoms with Gasteiger partial charge in [-0.05, 0) is 13.0 Å². The number of aryl methyl sites for hydroxylation is 1. The van der Waals surface area contributed by atoms with Crippen LogP contribution in [0.15, 0.2) is 24.8 Å². The highest BCUT2D eigenvalue weighted by atomic mass is 15.3. The Balaban J connectivity index is 1.52. The van der Waals surface area contributed by atoms with Crippen LogP contribution < -0.4 is 9.80 Å². The number of aromatic amines is 1. The third kappa shape index (κ3) is 3.09. The first-order valence-corrected chi connectivity index (χ1v) is 9.04. The minimum atomic E-state index is 0.0254. The Morgan fingerprint density at radius 1 is 0.885 bits per heavy atom. The zero-order chi connectivity index (χ0) is 18.3. The largest absolute Gasteiger partial charge is 0.354 e. The number of nitrogens with one attached hydrogen (secondary N) is 1. The van der Waals surface area contributed by atoms with Gasteiger partial charge < -0.3 is 14.8 Å². The van der Waals surface area contributed by atoms with Crippen LogP contribution in [0, 0.1) is 6.92 Å². The Kier molecular flexibility index (Phi) is 4.01. The van der Waals surface area contributed by atoms with Crippen molar-refractivity contribution in [3.63, 3.8) is 0 Å². The summed E-state index contributed by atoms with van der Waals surface area (Å²) in [6, 6.07) is 4.18. The van der Waals surface area contributed by atoms with E-state index in [9.17, 15) is 0 Å². The SMILES string of the molecule is Cc1cc2ncnc(N3CCN(c4cc(C(C)(C)C)ncn4)CC3)c2[nH]1. The molecule has 4 heterocycles. The van der Waals surface area contributed by atoms with Gasteiger partial charge in [0.05, 0.1) is 11.2 Å². The molecule has 0 aromatic carbocycles. The van der Waals surface area contributed by atoms with Gasteiger partial charge in [0, 0.05) is 43.4 Å². The van der Waals surface area contributed by atoms with Crippen molar-refractivity contribution in [2.24, 2.45) is 0 Å². The van der Waals surface area contributed by atoms with Crippen molar-refractivity contribution in [3.05, 3.63) is 36.2 Å². The third-order valence-electron chi connectivity index (χ3n) is 4.86. The maximum atomic E-state index is 4.53. The topological polar surface area (TPSA) is 73.8 Å². The molecule has 0 saturated carbocycles. The van der Waals surface area contributed by atoms with Gasteiger partial charge in [0.1, 0.15) is 24.0 Å². The van der Waals surface area contributed by atoms with Crippen molar-refractivity contribution in [3.8, 4) is 0 Å². The quantitative estimate of drug-likeness (QED) is 0.765. The summed E-state index contributed by atoms with van der Waals surface area (Å²) in [5, 5.41) is 0. The second-order valence-electron chi connectivity index (χ2n) is 7.90. The van der Waals surface area contributed by atoms with Crippen LogP contribution in [-0.2, 0) is 5.41 Å². The molecule has 0 aliphatic carbocycles. The number of rotatable bonds is 2. The minimum Gasteiger partial charge on any atom is -0.354 e. The van der Waals surface area contributed by atoms with E-state index < -0.39 is 0 Å². The normalized spacial score (nSPS) is 15.7. The average Bonchev–Trinajstić information content (AvgIpc) is 3.01. The van der Waals surface area contributed by atoms with Crippen LogP contribution >= 0.6 is 0 Å². The number of anilines is 2. The molecule has 0 radical (unpaired) electrons. The molecular formula is C19H25N7. The predicted molar refractivity (Wildman–Crippen MR) is 104 cm³/mol. The van der Waals surface area contributed by atoms with E-state index in [1.807, 2.05) is 6.92 Å². The van der Waals surface area contributed by atoms with E-state index in [0.29, 0.717) is 0 Å². The summed E-state index contributed by atoms with van der Waals surface area (Å²) in [5.74, 6) is 1.99. The molecule has 0 bridgehead atoms. The molecule has 4 rings (SSSR count). The highest BCUT2D eigenvalue weighted by Crippen LogP contribution is 2.26. The molecule has 1 saturated heterocycles. The first-order chi connectivity index (χ1) is 12.4. The van der Waals surface area contributed by atoms with E-state index in [4.69, 9.17) is 0 Å². The standard InChI is InChI=1S/C19H25N7/c1-13-9-14-17(24-13)18(23-11-20-14)26-7-5-25(6-8-26)16-10-15(19(2,3)4)21-12-22-16/h9-12,24H,5-8H2,1-4H3. The number of piperazine rings is 1. The molecule has 136 valence electrons. The van der Waals surface area contributed by atoms with Crippen LogP contribution in [-0.4, -0.2) is 51.1 Å². The van der Waals surface area contributed by atoms with Gasteiger partial charge in [0.25, 0.3) is 0 Å². The molecule has 1 aliphatic rings. The lowest BCUT2D eigenvalue weighted by molar-refractivity contribution is 0.564. The first kappa shape index (κ1) is 16.8. The number of nitrogens with zero attached hydrogens (tertiary/aromatic N) is 6. The molecule has 3 aromatic rings. The summed E-state index contributed by atoms with van der Waals surface area (Å²) in [5.41, 5.74) is 4.20. The van der Waals surface area contributed by atoms with Crippen LogP contribution in [0.3, 0.4) is 0 Å². The zero-order valence-corrected chi connectivity index (χ0v) is 15.8. The maximum absolute atomic E-state index is 4.53. The van der Waals surface area contributed by atoms with Gasteiger partial charge in [-0.15, -0.1) is 0 Å².